The van der Waals surface area contributed by atoms with Crippen LogP contribution in [0.3, 0.4) is 0 Å². The Morgan fingerprint density at radius 1 is 1.47 bits per heavy atom. The Morgan fingerprint density at radius 3 is 2.33 bits per heavy atom. The highest BCUT2D eigenvalue weighted by atomic mass is 16.6. The second-order valence-corrected chi connectivity index (χ2v) is 4.68. The molecule has 0 radical (unpaired) electrons. The third-order valence-corrected chi connectivity index (χ3v) is 2.05. The van der Waals surface area contributed by atoms with Crippen molar-refractivity contribution in [1.29, 1.82) is 0 Å². The summed E-state index contributed by atoms with van der Waals surface area (Å²) in [6, 6.07) is -0.0116. The number of carbonyl (C=O) groups excluding carboxylic acids is 1. The van der Waals surface area contributed by atoms with E-state index in [0.29, 0.717) is 0 Å². The first-order chi connectivity index (χ1) is 6.80. The monoisotopic (exact) mass is 217 g/mol. The number of hydrogen-bond donors (Lipinski definition) is 1. The maximum atomic E-state index is 11.5. The molecule has 90 valence electrons. The van der Waals surface area contributed by atoms with Gasteiger partial charge in [-0.15, -0.1) is 0 Å². The lowest BCUT2D eigenvalue weighted by Crippen LogP contribution is -2.41. The van der Waals surface area contributed by atoms with Gasteiger partial charge >= 0.3 is 5.97 Å². The zero-order chi connectivity index (χ0) is 12.1. The second kappa shape index (κ2) is 6.08. The van der Waals surface area contributed by atoms with Crippen molar-refractivity contribution in [1.82, 2.24) is 4.90 Å². The first-order valence-electron chi connectivity index (χ1n) is 5.37. The molecule has 4 heteroatoms. The van der Waals surface area contributed by atoms with E-state index in [-0.39, 0.29) is 25.2 Å². The van der Waals surface area contributed by atoms with Crippen molar-refractivity contribution >= 4 is 5.97 Å². The maximum Gasteiger partial charge on any atom is 0.320 e. The number of aliphatic hydroxyl groups is 1. The standard InChI is InChI=1S/C11H23NO3/c1-6-12(9(2)8-13)7-10(14)15-11(3,4)5/h9,13H,6-8H2,1-5H3/t9-/m1/s1. The van der Waals surface area contributed by atoms with E-state index in [1.54, 1.807) is 0 Å². The van der Waals surface area contributed by atoms with Gasteiger partial charge < -0.3 is 9.84 Å². The van der Waals surface area contributed by atoms with Crippen LogP contribution in [0.2, 0.25) is 0 Å². The van der Waals surface area contributed by atoms with Crippen LogP contribution in [0.1, 0.15) is 34.6 Å². The topological polar surface area (TPSA) is 49.8 Å². The number of nitrogens with zero attached hydrogens (tertiary/aromatic N) is 1. The molecule has 0 unspecified atom stereocenters. The van der Waals surface area contributed by atoms with Crippen LogP contribution in [0.15, 0.2) is 0 Å². The Balaban J connectivity index is 4.13. The van der Waals surface area contributed by atoms with E-state index in [1.807, 2.05) is 39.5 Å². The van der Waals surface area contributed by atoms with E-state index in [1.165, 1.54) is 0 Å². The second-order valence-electron chi connectivity index (χ2n) is 4.68. The third-order valence-electron chi connectivity index (χ3n) is 2.05. The lowest BCUT2D eigenvalue weighted by atomic mass is 10.2. The fourth-order valence-electron chi connectivity index (χ4n) is 1.23. The van der Waals surface area contributed by atoms with Gasteiger partial charge in [0.2, 0.25) is 0 Å². The number of esters is 1. The summed E-state index contributed by atoms with van der Waals surface area (Å²) in [6.07, 6.45) is 0. The Morgan fingerprint density at radius 2 is 2.00 bits per heavy atom. The van der Waals surface area contributed by atoms with Crippen molar-refractivity contribution in [2.45, 2.75) is 46.3 Å². The van der Waals surface area contributed by atoms with E-state index in [4.69, 9.17) is 9.84 Å². The Bertz CT molecular complexity index is 198. The summed E-state index contributed by atoms with van der Waals surface area (Å²) in [5.41, 5.74) is -0.445. The van der Waals surface area contributed by atoms with Gasteiger partial charge in [-0.1, -0.05) is 6.92 Å². The van der Waals surface area contributed by atoms with Gasteiger partial charge in [-0.05, 0) is 34.2 Å². The largest absolute Gasteiger partial charge is 0.459 e. The van der Waals surface area contributed by atoms with E-state index >= 15 is 0 Å². The Hall–Kier alpha value is -0.610. The van der Waals surface area contributed by atoms with Crippen molar-refractivity contribution < 1.29 is 14.6 Å². The minimum atomic E-state index is -0.445. The van der Waals surface area contributed by atoms with Crippen molar-refractivity contribution in [2.75, 3.05) is 19.7 Å². The molecule has 0 aromatic heterocycles. The first kappa shape index (κ1) is 14.4. The zero-order valence-electron chi connectivity index (χ0n) is 10.4. The molecule has 0 aromatic carbocycles. The van der Waals surface area contributed by atoms with Crippen LogP contribution in [-0.4, -0.2) is 47.3 Å². The fraction of sp³-hybridized carbons (Fsp3) is 0.909. The van der Waals surface area contributed by atoms with Crippen LogP contribution in [0.25, 0.3) is 0 Å². The normalized spacial score (nSPS) is 14.1. The van der Waals surface area contributed by atoms with Gasteiger partial charge in [0.05, 0.1) is 13.2 Å². The molecule has 0 fully saturated rings. The summed E-state index contributed by atoms with van der Waals surface area (Å²) in [7, 11) is 0. The van der Waals surface area contributed by atoms with Gasteiger partial charge in [0, 0.05) is 6.04 Å². The SMILES string of the molecule is CCN(CC(=O)OC(C)(C)C)[C@H](C)CO. The molecule has 0 aliphatic heterocycles. The first-order valence-corrected chi connectivity index (χ1v) is 5.37. The van der Waals surface area contributed by atoms with Gasteiger partial charge in [-0.25, -0.2) is 0 Å². The van der Waals surface area contributed by atoms with Crippen molar-refractivity contribution in [3.05, 3.63) is 0 Å². The van der Waals surface area contributed by atoms with Gasteiger partial charge in [0.1, 0.15) is 5.60 Å². The van der Waals surface area contributed by atoms with Gasteiger partial charge in [0.15, 0.2) is 0 Å². The number of rotatable bonds is 5. The number of aliphatic hydroxyl groups excluding tert-OH is 1. The summed E-state index contributed by atoms with van der Waals surface area (Å²) in [6.45, 7) is 10.4. The van der Waals surface area contributed by atoms with Gasteiger partial charge in [-0.3, -0.25) is 9.69 Å². The molecule has 4 nitrogen and oxygen atoms in total. The Labute approximate surface area is 92.2 Å². The number of hydrogen-bond acceptors (Lipinski definition) is 4. The van der Waals surface area contributed by atoms with E-state index in [9.17, 15) is 4.79 Å². The van der Waals surface area contributed by atoms with E-state index in [2.05, 4.69) is 0 Å². The predicted molar refractivity (Wildman–Crippen MR) is 59.6 cm³/mol. The number of ether oxygens (including phenoxy) is 1. The molecule has 15 heavy (non-hydrogen) atoms. The summed E-state index contributed by atoms with van der Waals surface area (Å²) in [5.74, 6) is -0.246. The van der Waals surface area contributed by atoms with Crippen molar-refractivity contribution in [2.24, 2.45) is 0 Å². The highest BCUT2D eigenvalue weighted by molar-refractivity contribution is 5.72. The quantitative estimate of drug-likeness (QED) is 0.699. The van der Waals surface area contributed by atoms with Crippen molar-refractivity contribution in [3.8, 4) is 0 Å². The molecule has 0 aliphatic carbocycles. The molecular weight excluding hydrogens is 194 g/mol. The maximum absolute atomic E-state index is 11.5. The highest BCUT2D eigenvalue weighted by Crippen LogP contribution is 2.08. The molecule has 0 aromatic rings. The molecule has 0 amide bonds. The molecule has 1 N–H and O–H groups in total. The summed E-state index contributed by atoms with van der Waals surface area (Å²) >= 11 is 0. The lowest BCUT2D eigenvalue weighted by molar-refractivity contribution is -0.156. The van der Waals surface area contributed by atoms with Crippen LogP contribution in [0.4, 0.5) is 0 Å². The van der Waals surface area contributed by atoms with Crippen LogP contribution in [0.5, 0.6) is 0 Å². The zero-order valence-corrected chi connectivity index (χ0v) is 10.4. The van der Waals surface area contributed by atoms with E-state index in [0.717, 1.165) is 6.54 Å². The molecule has 0 rings (SSSR count). The minimum Gasteiger partial charge on any atom is -0.459 e. The Kier molecular flexibility index (Phi) is 5.83. The van der Waals surface area contributed by atoms with Crippen LogP contribution >= 0.6 is 0 Å². The molecule has 0 bridgehead atoms. The molecule has 0 saturated heterocycles. The van der Waals surface area contributed by atoms with Crippen LogP contribution in [-0.2, 0) is 9.53 Å². The number of likely N-dealkylation sites (N-methyl/N-ethyl adjacent to an activating group) is 1. The smallest absolute Gasteiger partial charge is 0.320 e. The molecule has 1 atom stereocenters. The highest BCUT2D eigenvalue weighted by Gasteiger charge is 2.20. The van der Waals surface area contributed by atoms with Crippen LogP contribution < -0.4 is 0 Å². The molecule has 0 spiro atoms. The summed E-state index contributed by atoms with van der Waals surface area (Å²) in [4.78, 5) is 13.4. The number of carbonyl (C=O) groups is 1. The predicted octanol–water partition coefficient (Wildman–Crippen LogP) is 1.03. The average Bonchev–Trinajstić information content (AvgIpc) is 2.10. The van der Waals surface area contributed by atoms with Crippen LogP contribution in [0, 0.1) is 0 Å². The third kappa shape index (κ3) is 6.47. The van der Waals surface area contributed by atoms with Gasteiger partial charge in [0.25, 0.3) is 0 Å². The molecular formula is C11H23NO3. The summed E-state index contributed by atoms with van der Waals surface area (Å²) in [5, 5.41) is 8.99. The van der Waals surface area contributed by atoms with E-state index < -0.39 is 5.60 Å². The van der Waals surface area contributed by atoms with Gasteiger partial charge in [-0.2, -0.15) is 0 Å². The summed E-state index contributed by atoms with van der Waals surface area (Å²) < 4.78 is 5.20. The fourth-order valence-corrected chi connectivity index (χ4v) is 1.23. The average molecular weight is 217 g/mol. The minimum absolute atomic E-state index is 0.0116. The lowest BCUT2D eigenvalue weighted by Gasteiger charge is -2.27. The molecule has 0 saturated carbocycles. The molecule has 0 aliphatic rings. The molecule has 0 heterocycles. The van der Waals surface area contributed by atoms with Crippen molar-refractivity contribution in [3.63, 3.8) is 0 Å².